The zero-order chi connectivity index (χ0) is 24.7. The number of piperidine rings is 1. The maximum Gasteiger partial charge on any atom is 0.182 e. The molecule has 4 heterocycles. The Morgan fingerprint density at radius 2 is 2.06 bits per heavy atom. The van der Waals surface area contributed by atoms with Crippen molar-refractivity contribution in [2.45, 2.75) is 29.5 Å². The third kappa shape index (κ3) is 4.04. The lowest BCUT2D eigenvalue weighted by molar-refractivity contribution is 0.378. The van der Waals surface area contributed by atoms with Crippen LogP contribution in [0.3, 0.4) is 0 Å². The molecule has 9 heteroatoms. The third-order valence-corrected chi connectivity index (χ3v) is 8.50. The number of aromatic amines is 1. The molecular weight excluding hydrogens is 472 g/mol. The van der Waals surface area contributed by atoms with Gasteiger partial charge in [-0.15, -0.1) is 0 Å². The van der Waals surface area contributed by atoms with E-state index in [1.165, 1.54) is 12.1 Å². The molecule has 36 heavy (non-hydrogen) atoms. The molecule has 1 saturated heterocycles. The Labute approximate surface area is 208 Å². The van der Waals surface area contributed by atoms with Crippen LogP contribution in [-0.2, 0) is 15.6 Å². The summed E-state index contributed by atoms with van der Waals surface area (Å²) in [6, 6.07) is 16.6. The summed E-state index contributed by atoms with van der Waals surface area (Å²) < 4.78 is 28.3. The second kappa shape index (κ2) is 8.90. The summed E-state index contributed by atoms with van der Waals surface area (Å²) in [7, 11) is -3.63. The van der Waals surface area contributed by atoms with Crippen molar-refractivity contribution in [3.05, 3.63) is 78.4 Å². The molecule has 0 saturated carbocycles. The van der Waals surface area contributed by atoms with Crippen molar-refractivity contribution in [2.75, 3.05) is 13.1 Å². The first-order valence-corrected chi connectivity index (χ1v) is 13.5. The number of nitriles is 1. The number of fused-ring (bicyclic) bond motifs is 2. The highest BCUT2D eigenvalue weighted by atomic mass is 32.2. The number of rotatable bonds is 5. The highest BCUT2D eigenvalue weighted by Crippen LogP contribution is 2.32. The summed E-state index contributed by atoms with van der Waals surface area (Å²) in [4.78, 5) is 12.4. The lowest BCUT2D eigenvalue weighted by Crippen LogP contribution is -2.31. The Hall–Kier alpha value is -4.00. The fraction of sp³-hybridized carbons (Fsp3) is 0.222. The van der Waals surface area contributed by atoms with Crippen molar-refractivity contribution in [3.8, 4) is 17.2 Å². The highest BCUT2D eigenvalue weighted by Gasteiger charge is 2.20. The maximum absolute atomic E-state index is 13.0. The molecule has 1 atom stereocenters. The number of imidazole rings is 1. The molecule has 3 aromatic heterocycles. The van der Waals surface area contributed by atoms with E-state index in [-0.39, 0.29) is 10.6 Å². The lowest BCUT2D eigenvalue weighted by atomic mass is 10.0. The predicted octanol–water partition coefficient (Wildman–Crippen LogP) is 4.35. The van der Waals surface area contributed by atoms with E-state index in [4.69, 9.17) is 5.26 Å². The minimum atomic E-state index is -3.63. The molecule has 0 spiro atoms. The van der Waals surface area contributed by atoms with Crippen LogP contribution in [0.4, 0.5) is 0 Å². The molecule has 2 aromatic carbocycles. The van der Waals surface area contributed by atoms with Gasteiger partial charge in [0.25, 0.3) is 0 Å². The molecule has 5 aromatic rings. The highest BCUT2D eigenvalue weighted by molar-refractivity contribution is 7.90. The summed E-state index contributed by atoms with van der Waals surface area (Å²) in [6.07, 6.45) is 7.69. The van der Waals surface area contributed by atoms with E-state index in [1.807, 2.05) is 36.8 Å². The van der Waals surface area contributed by atoms with Crippen molar-refractivity contribution in [2.24, 2.45) is 0 Å². The van der Waals surface area contributed by atoms with Gasteiger partial charge < -0.3 is 14.9 Å². The van der Waals surface area contributed by atoms with Crippen molar-refractivity contribution < 1.29 is 8.42 Å². The summed E-state index contributed by atoms with van der Waals surface area (Å²) in [5, 5.41) is 13.5. The first-order valence-electron chi connectivity index (χ1n) is 11.9. The molecular formula is C27H24N6O2S. The van der Waals surface area contributed by atoms with E-state index in [0.717, 1.165) is 53.5 Å². The Bertz CT molecular complexity index is 1740. The zero-order valence-electron chi connectivity index (χ0n) is 19.5. The van der Waals surface area contributed by atoms with Gasteiger partial charge in [0.15, 0.2) is 9.84 Å². The fourth-order valence-electron chi connectivity index (χ4n) is 4.98. The maximum atomic E-state index is 13.0. The van der Waals surface area contributed by atoms with Crippen molar-refractivity contribution in [1.29, 1.82) is 5.26 Å². The number of aromatic nitrogens is 4. The summed E-state index contributed by atoms with van der Waals surface area (Å²) in [5.41, 5.74) is 5.61. The van der Waals surface area contributed by atoms with E-state index in [0.29, 0.717) is 22.8 Å². The molecule has 1 unspecified atom stereocenters. The van der Waals surface area contributed by atoms with Gasteiger partial charge in [-0.05, 0) is 66.9 Å². The van der Waals surface area contributed by atoms with Crippen LogP contribution in [0, 0.1) is 11.3 Å². The van der Waals surface area contributed by atoms with Gasteiger partial charge in [0.05, 0.1) is 39.6 Å². The lowest BCUT2D eigenvalue weighted by Gasteiger charge is -2.24. The Balaban J connectivity index is 1.37. The van der Waals surface area contributed by atoms with Gasteiger partial charge in [-0.1, -0.05) is 12.1 Å². The molecule has 6 rings (SSSR count). The molecule has 1 aliphatic rings. The minimum Gasteiger partial charge on any atom is -0.346 e. The van der Waals surface area contributed by atoms with Crippen LogP contribution in [0.5, 0.6) is 0 Å². The minimum absolute atomic E-state index is 0.131. The van der Waals surface area contributed by atoms with E-state index < -0.39 is 9.84 Å². The predicted molar refractivity (Wildman–Crippen MR) is 138 cm³/mol. The van der Waals surface area contributed by atoms with E-state index in [9.17, 15) is 8.42 Å². The molecule has 1 fully saturated rings. The molecule has 2 N–H and O–H groups in total. The standard InChI is InChI=1S/C27H24N6O2S/c28-12-18-3-1-5-22(9-18)36(34,35)16-19-10-23-24(15-31-27(23)30-13-19)20-6-7-25-26(11-20)33(17-32-25)21-4-2-8-29-14-21/h1,3,5-7,9-11,13,15,17,21,29H,2,4,8,14,16H2,(H,30,31). The third-order valence-electron chi connectivity index (χ3n) is 6.82. The van der Waals surface area contributed by atoms with Crippen LogP contribution in [0.15, 0.2) is 72.1 Å². The number of sulfone groups is 1. The first-order chi connectivity index (χ1) is 17.5. The second-order valence-corrected chi connectivity index (χ2v) is 11.2. The molecule has 0 aliphatic carbocycles. The van der Waals surface area contributed by atoms with Gasteiger partial charge >= 0.3 is 0 Å². The van der Waals surface area contributed by atoms with Crippen LogP contribution in [0.1, 0.15) is 30.0 Å². The molecule has 0 amide bonds. The number of benzene rings is 2. The second-order valence-electron chi connectivity index (χ2n) is 9.20. The Morgan fingerprint density at radius 1 is 1.14 bits per heavy atom. The summed E-state index contributed by atoms with van der Waals surface area (Å²) in [5.74, 6) is -0.198. The molecule has 8 nitrogen and oxygen atoms in total. The SMILES string of the molecule is N#Cc1cccc(S(=O)(=O)Cc2cnc3[nH]cc(-c4ccc5ncn(C6CCCNC6)c5c4)c3c2)c1. The average molecular weight is 497 g/mol. The Kier molecular flexibility index (Phi) is 5.55. The normalized spacial score (nSPS) is 16.4. The number of nitrogens with zero attached hydrogens (tertiary/aromatic N) is 4. The van der Waals surface area contributed by atoms with E-state index in [1.54, 1.807) is 18.3 Å². The monoisotopic (exact) mass is 496 g/mol. The topological polar surface area (TPSA) is 116 Å². The molecule has 0 bridgehead atoms. The molecule has 0 radical (unpaired) electrons. The smallest absolute Gasteiger partial charge is 0.182 e. The van der Waals surface area contributed by atoms with Crippen molar-refractivity contribution in [3.63, 3.8) is 0 Å². The van der Waals surface area contributed by atoms with Gasteiger partial charge in [-0.25, -0.2) is 18.4 Å². The first kappa shape index (κ1) is 22.5. The Morgan fingerprint density at radius 3 is 2.89 bits per heavy atom. The number of pyridine rings is 1. The molecule has 180 valence electrons. The zero-order valence-corrected chi connectivity index (χ0v) is 20.3. The number of hydrogen-bond donors (Lipinski definition) is 2. The largest absolute Gasteiger partial charge is 0.346 e. The number of nitrogens with one attached hydrogen (secondary N) is 2. The van der Waals surface area contributed by atoms with E-state index in [2.05, 4.69) is 30.9 Å². The fourth-order valence-corrected chi connectivity index (χ4v) is 6.34. The van der Waals surface area contributed by atoms with Crippen molar-refractivity contribution >= 4 is 31.9 Å². The van der Waals surface area contributed by atoms with Gasteiger partial charge in [0, 0.05) is 35.9 Å². The quantitative estimate of drug-likeness (QED) is 0.374. The van der Waals surface area contributed by atoms with Gasteiger partial charge in [0.1, 0.15) is 5.65 Å². The summed E-state index contributed by atoms with van der Waals surface area (Å²) >= 11 is 0. The average Bonchev–Trinajstić information content (AvgIpc) is 3.52. The van der Waals surface area contributed by atoms with Crippen LogP contribution in [0.25, 0.3) is 33.2 Å². The van der Waals surface area contributed by atoms with Crippen LogP contribution >= 0.6 is 0 Å². The van der Waals surface area contributed by atoms with Crippen LogP contribution in [-0.4, -0.2) is 41.0 Å². The number of H-pyrrole nitrogens is 1. The molecule has 1 aliphatic heterocycles. The van der Waals surface area contributed by atoms with Gasteiger partial charge in [-0.2, -0.15) is 5.26 Å². The van der Waals surface area contributed by atoms with Crippen molar-refractivity contribution in [1.82, 2.24) is 24.8 Å². The van der Waals surface area contributed by atoms with E-state index >= 15 is 0 Å². The summed E-state index contributed by atoms with van der Waals surface area (Å²) in [6.45, 7) is 1.99. The van der Waals surface area contributed by atoms with Gasteiger partial charge in [0.2, 0.25) is 0 Å². The van der Waals surface area contributed by atoms with Gasteiger partial charge in [-0.3, -0.25) is 0 Å². The number of hydrogen-bond acceptors (Lipinski definition) is 6. The van der Waals surface area contributed by atoms with Crippen LogP contribution in [0.2, 0.25) is 0 Å². The van der Waals surface area contributed by atoms with Crippen LogP contribution < -0.4 is 5.32 Å².